The molecule has 1 amide bonds. The number of phenolic OH excluding ortho intramolecular Hbond substituents is 1. The molecule has 0 unspecified atom stereocenters. The van der Waals surface area contributed by atoms with Gasteiger partial charge in [-0.15, -0.1) is 23.7 Å². The molecular formula is C32H41ClN4O2S. The first kappa shape index (κ1) is 31.2. The summed E-state index contributed by atoms with van der Waals surface area (Å²) in [4.78, 5) is 18.1. The summed E-state index contributed by atoms with van der Waals surface area (Å²) in [6.45, 7) is 15.4. The Morgan fingerprint density at radius 3 is 2.02 bits per heavy atom. The highest BCUT2D eigenvalue weighted by Gasteiger charge is 2.26. The Morgan fingerprint density at radius 1 is 0.950 bits per heavy atom. The van der Waals surface area contributed by atoms with Gasteiger partial charge in [0.2, 0.25) is 5.91 Å². The summed E-state index contributed by atoms with van der Waals surface area (Å²) < 4.78 is 0. The van der Waals surface area contributed by atoms with Crippen molar-refractivity contribution >= 4 is 52.9 Å². The molecule has 3 N–H and O–H groups in total. The number of anilines is 2. The number of amides is 1. The maximum atomic E-state index is 13.0. The number of amidine groups is 1. The van der Waals surface area contributed by atoms with Crippen LogP contribution < -0.4 is 10.2 Å². The third kappa shape index (κ3) is 7.46. The van der Waals surface area contributed by atoms with Crippen LogP contribution in [0, 0.1) is 5.41 Å². The quantitative estimate of drug-likeness (QED) is 0.168. The molecule has 4 rings (SSSR count). The second kappa shape index (κ2) is 12.5. The van der Waals surface area contributed by atoms with Crippen molar-refractivity contribution in [3.8, 4) is 5.75 Å². The third-order valence-corrected chi connectivity index (χ3v) is 7.91. The van der Waals surface area contributed by atoms with Crippen LogP contribution in [0.25, 0.3) is 6.08 Å². The lowest BCUT2D eigenvalue weighted by atomic mass is 9.78. The van der Waals surface area contributed by atoms with E-state index in [-0.39, 0.29) is 29.1 Å². The van der Waals surface area contributed by atoms with E-state index < -0.39 is 0 Å². The number of rotatable bonds is 5. The molecule has 40 heavy (non-hydrogen) atoms. The van der Waals surface area contributed by atoms with E-state index in [4.69, 9.17) is 5.41 Å². The minimum atomic E-state index is -0.214. The third-order valence-electron chi connectivity index (χ3n) is 7.03. The molecule has 214 valence electrons. The number of nitrogens with zero attached hydrogens (tertiary/aromatic N) is 2. The van der Waals surface area contributed by atoms with Gasteiger partial charge >= 0.3 is 0 Å². The number of carbonyl (C=O) groups is 1. The molecule has 0 spiro atoms. The number of halogens is 1. The van der Waals surface area contributed by atoms with Crippen molar-refractivity contribution in [2.75, 3.05) is 36.4 Å². The molecule has 0 atom stereocenters. The van der Waals surface area contributed by atoms with Crippen LogP contribution in [-0.2, 0) is 15.6 Å². The zero-order valence-electron chi connectivity index (χ0n) is 24.2. The molecule has 1 fully saturated rings. The zero-order chi connectivity index (χ0) is 28.4. The second-order valence-corrected chi connectivity index (χ2v) is 13.1. The fourth-order valence-corrected chi connectivity index (χ4v) is 5.37. The monoisotopic (exact) mass is 580 g/mol. The zero-order valence-corrected chi connectivity index (χ0v) is 25.9. The van der Waals surface area contributed by atoms with E-state index in [1.165, 1.54) is 0 Å². The molecule has 0 aliphatic carbocycles. The fraction of sp³-hybridized carbons (Fsp3) is 0.375. The molecule has 8 heteroatoms. The van der Waals surface area contributed by atoms with Gasteiger partial charge in [-0.1, -0.05) is 47.6 Å². The van der Waals surface area contributed by atoms with Crippen molar-refractivity contribution in [3.05, 3.63) is 81.6 Å². The van der Waals surface area contributed by atoms with E-state index in [2.05, 4.69) is 63.9 Å². The van der Waals surface area contributed by atoms with Gasteiger partial charge in [0.25, 0.3) is 0 Å². The minimum absolute atomic E-state index is 0. The molecule has 0 radical (unpaired) electrons. The first-order valence-corrected chi connectivity index (χ1v) is 14.3. The number of carbonyl (C=O) groups excluding carboxylic acids is 1. The van der Waals surface area contributed by atoms with Crippen LogP contribution in [0.3, 0.4) is 0 Å². The summed E-state index contributed by atoms with van der Waals surface area (Å²) in [5.41, 5.74) is 4.27. The van der Waals surface area contributed by atoms with E-state index in [0.29, 0.717) is 24.7 Å². The van der Waals surface area contributed by atoms with Gasteiger partial charge in [-0.2, -0.15) is 0 Å². The van der Waals surface area contributed by atoms with E-state index in [1.807, 2.05) is 52.8 Å². The number of phenols is 1. The summed E-state index contributed by atoms with van der Waals surface area (Å²) in [6.07, 6.45) is 3.53. The Kier molecular flexibility index (Phi) is 9.75. The lowest BCUT2D eigenvalue weighted by molar-refractivity contribution is -0.126. The lowest BCUT2D eigenvalue weighted by Gasteiger charge is -2.35. The van der Waals surface area contributed by atoms with Gasteiger partial charge in [-0.25, -0.2) is 0 Å². The number of nitrogens with one attached hydrogen (secondary N) is 2. The predicted octanol–water partition coefficient (Wildman–Crippen LogP) is 7.27. The van der Waals surface area contributed by atoms with Crippen molar-refractivity contribution in [2.45, 2.75) is 52.4 Å². The van der Waals surface area contributed by atoms with Gasteiger partial charge in [0.05, 0.1) is 4.88 Å². The number of aromatic hydroxyl groups is 1. The molecule has 1 aliphatic rings. The molecule has 2 aromatic carbocycles. The van der Waals surface area contributed by atoms with Crippen LogP contribution in [0.2, 0.25) is 0 Å². The second-order valence-electron chi connectivity index (χ2n) is 12.1. The molecule has 3 aromatic rings. The van der Waals surface area contributed by atoms with Crippen LogP contribution in [0.15, 0.2) is 60.0 Å². The highest BCUT2D eigenvalue weighted by atomic mass is 35.5. The largest absolute Gasteiger partial charge is 0.507 e. The van der Waals surface area contributed by atoms with Crippen molar-refractivity contribution in [1.29, 1.82) is 5.41 Å². The first-order chi connectivity index (χ1) is 18.3. The first-order valence-electron chi connectivity index (χ1n) is 13.4. The van der Waals surface area contributed by atoms with Crippen LogP contribution in [-0.4, -0.2) is 47.9 Å². The van der Waals surface area contributed by atoms with Crippen LogP contribution in [0.5, 0.6) is 5.75 Å². The number of hydrogen-bond donors (Lipinski definition) is 3. The van der Waals surface area contributed by atoms with Gasteiger partial charge in [0, 0.05) is 54.8 Å². The smallest absolute Gasteiger partial charge is 0.246 e. The number of piperazine rings is 1. The summed E-state index contributed by atoms with van der Waals surface area (Å²) >= 11 is 1.54. The van der Waals surface area contributed by atoms with Crippen LogP contribution in [0.4, 0.5) is 11.4 Å². The lowest BCUT2D eigenvalue weighted by Crippen LogP contribution is -2.48. The average Bonchev–Trinajstić information content (AvgIpc) is 3.42. The highest BCUT2D eigenvalue weighted by molar-refractivity contribution is 7.12. The van der Waals surface area contributed by atoms with E-state index in [0.717, 1.165) is 46.0 Å². The molecular weight excluding hydrogens is 540 g/mol. The number of benzene rings is 2. The van der Waals surface area contributed by atoms with Crippen molar-refractivity contribution < 1.29 is 9.90 Å². The van der Waals surface area contributed by atoms with Crippen molar-refractivity contribution in [2.24, 2.45) is 0 Å². The topological polar surface area (TPSA) is 79.7 Å². The summed E-state index contributed by atoms with van der Waals surface area (Å²) in [7, 11) is 0. The Morgan fingerprint density at radius 2 is 1.52 bits per heavy atom. The van der Waals surface area contributed by atoms with Gasteiger partial charge in [0.15, 0.2) is 0 Å². The van der Waals surface area contributed by atoms with Gasteiger partial charge < -0.3 is 20.2 Å². The molecule has 0 saturated carbocycles. The predicted molar refractivity (Wildman–Crippen MR) is 172 cm³/mol. The normalized spacial score (nSPS) is 14.2. The molecule has 0 bridgehead atoms. The SMILES string of the molecule is CC(C)(C)c1cc(/C=C/C(=O)N2CCN(c3ccc(NC(=N)c4cccs4)cc3)CC2)cc(C(C)(C)C)c1O.Cl. The summed E-state index contributed by atoms with van der Waals surface area (Å²) in [6, 6.07) is 16.0. The maximum Gasteiger partial charge on any atom is 0.246 e. The Balaban J connectivity index is 0.00000441. The Bertz CT molecular complexity index is 1310. The van der Waals surface area contributed by atoms with Gasteiger partial charge in [-0.3, -0.25) is 10.2 Å². The Labute approximate surface area is 248 Å². The minimum Gasteiger partial charge on any atom is -0.507 e. The molecule has 6 nitrogen and oxygen atoms in total. The summed E-state index contributed by atoms with van der Waals surface area (Å²) in [5, 5.41) is 24.3. The standard InChI is InChI=1S/C32H40N4O2S.ClH/c1-31(2,3)25-20-22(21-26(29(25)38)32(4,5)6)9-14-28(37)36-17-15-35(16-18-36)24-12-10-23(11-13-24)34-30(33)27-8-7-19-39-27;/h7-14,19-21,38H,15-18H2,1-6H3,(H2,33,34);1H/b14-9+;. The summed E-state index contributed by atoms with van der Waals surface area (Å²) in [5.74, 6) is 0.748. The molecule has 2 heterocycles. The van der Waals surface area contributed by atoms with Crippen molar-refractivity contribution in [1.82, 2.24) is 4.90 Å². The van der Waals surface area contributed by atoms with E-state index in [1.54, 1.807) is 17.4 Å². The molecule has 1 aromatic heterocycles. The van der Waals surface area contributed by atoms with E-state index >= 15 is 0 Å². The average molecular weight is 581 g/mol. The number of thiophene rings is 1. The number of hydrogen-bond acceptors (Lipinski definition) is 5. The van der Waals surface area contributed by atoms with Gasteiger partial charge in [0.1, 0.15) is 11.6 Å². The van der Waals surface area contributed by atoms with Crippen molar-refractivity contribution in [3.63, 3.8) is 0 Å². The maximum absolute atomic E-state index is 13.0. The highest BCUT2D eigenvalue weighted by Crippen LogP contribution is 2.40. The molecule has 1 saturated heterocycles. The molecule has 1 aliphatic heterocycles. The fourth-order valence-electron chi connectivity index (χ4n) is 4.74. The Hall–Kier alpha value is -3.29. The van der Waals surface area contributed by atoms with Gasteiger partial charge in [-0.05, 0) is 70.3 Å². The van der Waals surface area contributed by atoms with E-state index in [9.17, 15) is 9.90 Å². The van der Waals surface area contributed by atoms with Crippen LogP contribution in [0.1, 0.15) is 63.1 Å². The van der Waals surface area contributed by atoms with Crippen LogP contribution >= 0.6 is 23.7 Å².